The molecule has 3 atom stereocenters. The molecule has 0 spiro atoms. The van der Waals surface area contributed by atoms with Crippen molar-refractivity contribution in [3.8, 4) is 0 Å². The van der Waals surface area contributed by atoms with Crippen LogP contribution in [0, 0.1) is 0 Å². The number of ether oxygens (including phenoxy) is 2. The topological polar surface area (TPSA) is 100 Å². The van der Waals surface area contributed by atoms with Crippen LogP contribution in [0.15, 0.2) is 49.2 Å². The van der Waals surface area contributed by atoms with Crippen LogP contribution in [-0.2, 0) is 20.8 Å². The highest BCUT2D eigenvalue weighted by Crippen LogP contribution is 2.26. The molecule has 2 saturated heterocycles. The van der Waals surface area contributed by atoms with Gasteiger partial charge in [-0.05, 0) is 37.1 Å². The van der Waals surface area contributed by atoms with Crippen LogP contribution >= 0.6 is 0 Å². The summed E-state index contributed by atoms with van der Waals surface area (Å²) in [4.78, 5) is 38.7. The maximum atomic E-state index is 12.3. The van der Waals surface area contributed by atoms with Crippen LogP contribution in [0.1, 0.15) is 31.0 Å². The number of cyclic esters (lactones) is 1. The number of anilines is 2. The van der Waals surface area contributed by atoms with E-state index in [-0.39, 0.29) is 30.7 Å². The second-order valence-electron chi connectivity index (χ2n) is 9.11. The zero-order valence-electron chi connectivity index (χ0n) is 21.1. The second kappa shape index (κ2) is 11.5. The molecular formula is C26H34N6O4. The monoisotopic (exact) mass is 494 g/mol. The molecule has 2 fully saturated rings. The number of piperazine rings is 1. The van der Waals surface area contributed by atoms with Crippen molar-refractivity contribution in [2.24, 2.45) is 0 Å². The average molecular weight is 495 g/mol. The molecule has 1 aromatic heterocycles. The fraction of sp³-hybridized carbons (Fsp3) is 0.462. The van der Waals surface area contributed by atoms with E-state index >= 15 is 0 Å². The standard InChI is InChI=1S/C26H34N6O4/c1-5-24(33)31-14-12-30(13-15-31)16-20-6-8-21(9-7-20)18(2)28-25-27-11-10-23(29-25)32-22(19(3)35-4)17-36-26(32)34/h5-11,18-19,22H,1,12-17H2,2-4H3,(H,27,28,29)/t18-,19+,22+/m0/s1. The normalized spacial score (nSPS) is 20.1. The Balaban J connectivity index is 1.35. The van der Waals surface area contributed by atoms with E-state index in [1.165, 1.54) is 16.5 Å². The summed E-state index contributed by atoms with van der Waals surface area (Å²) in [5, 5.41) is 3.33. The van der Waals surface area contributed by atoms with Crippen LogP contribution in [0.25, 0.3) is 0 Å². The molecule has 0 aliphatic carbocycles. The first-order valence-corrected chi connectivity index (χ1v) is 12.2. The molecule has 36 heavy (non-hydrogen) atoms. The minimum absolute atomic E-state index is 0.000258. The SMILES string of the molecule is C=CC(=O)N1CCN(Cc2ccc([C@H](C)Nc3nccc(N4C(=O)OC[C@@H]4[C@@H](C)OC)n3)cc2)CC1. The lowest BCUT2D eigenvalue weighted by Crippen LogP contribution is -2.47. The molecule has 4 rings (SSSR count). The number of rotatable bonds is 9. The maximum absolute atomic E-state index is 12.3. The molecule has 2 aliphatic rings. The number of nitrogens with zero attached hydrogens (tertiary/aromatic N) is 5. The maximum Gasteiger partial charge on any atom is 0.416 e. The quantitative estimate of drug-likeness (QED) is 0.532. The van der Waals surface area contributed by atoms with Crippen molar-refractivity contribution in [3.63, 3.8) is 0 Å². The number of benzene rings is 1. The van der Waals surface area contributed by atoms with Crippen molar-refractivity contribution in [1.29, 1.82) is 0 Å². The van der Waals surface area contributed by atoms with E-state index in [4.69, 9.17) is 9.47 Å². The van der Waals surface area contributed by atoms with Gasteiger partial charge in [0.25, 0.3) is 0 Å². The molecule has 3 heterocycles. The van der Waals surface area contributed by atoms with Crippen molar-refractivity contribution in [3.05, 3.63) is 60.3 Å². The summed E-state index contributed by atoms with van der Waals surface area (Å²) in [5.41, 5.74) is 2.32. The minimum atomic E-state index is -0.439. The van der Waals surface area contributed by atoms with Crippen molar-refractivity contribution in [2.45, 2.75) is 38.6 Å². The lowest BCUT2D eigenvalue weighted by atomic mass is 10.1. The lowest BCUT2D eigenvalue weighted by Gasteiger charge is -2.34. The van der Waals surface area contributed by atoms with Crippen LogP contribution in [0.2, 0.25) is 0 Å². The van der Waals surface area contributed by atoms with Crippen molar-refractivity contribution in [2.75, 3.05) is 50.1 Å². The van der Waals surface area contributed by atoms with E-state index in [0.29, 0.717) is 11.8 Å². The summed E-state index contributed by atoms with van der Waals surface area (Å²) in [5.74, 6) is 0.903. The molecule has 0 saturated carbocycles. The Kier molecular flexibility index (Phi) is 8.17. The highest BCUT2D eigenvalue weighted by Gasteiger charge is 2.39. The molecule has 10 heteroatoms. The van der Waals surface area contributed by atoms with Gasteiger partial charge in [-0.15, -0.1) is 0 Å². The molecule has 192 valence electrons. The number of carbonyl (C=O) groups is 2. The van der Waals surface area contributed by atoms with Gasteiger partial charge in [0.05, 0.1) is 12.1 Å². The summed E-state index contributed by atoms with van der Waals surface area (Å²) < 4.78 is 10.6. The number of carbonyl (C=O) groups excluding carboxylic acids is 2. The number of hydrogen-bond acceptors (Lipinski definition) is 8. The largest absolute Gasteiger partial charge is 0.447 e. The predicted octanol–water partition coefficient (Wildman–Crippen LogP) is 2.84. The number of aromatic nitrogens is 2. The van der Waals surface area contributed by atoms with Gasteiger partial charge < -0.3 is 19.7 Å². The number of methoxy groups -OCH3 is 1. The lowest BCUT2D eigenvalue weighted by molar-refractivity contribution is -0.127. The number of nitrogens with one attached hydrogen (secondary N) is 1. The van der Waals surface area contributed by atoms with Gasteiger partial charge in [-0.2, -0.15) is 4.98 Å². The van der Waals surface area contributed by atoms with E-state index in [1.54, 1.807) is 19.4 Å². The fourth-order valence-electron chi connectivity index (χ4n) is 4.46. The van der Waals surface area contributed by atoms with Gasteiger partial charge in [-0.1, -0.05) is 30.8 Å². The van der Waals surface area contributed by atoms with Gasteiger partial charge in [0, 0.05) is 46.0 Å². The van der Waals surface area contributed by atoms with Crippen molar-refractivity contribution in [1.82, 2.24) is 19.8 Å². The second-order valence-corrected chi connectivity index (χ2v) is 9.11. The van der Waals surface area contributed by atoms with Gasteiger partial charge >= 0.3 is 6.09 Å². The third-order valence-electron chi connectivity index (χ3n) is 6.80. The number of hydrogen-bond donors (Lipinski definition) is 1. The average Bonchev–Trinajstić information content (AvgIpc) is 3.30. The highest BCUT2D eigenvalue weighted by atomic mass is 16.6. The van der Waals surface area contributed by atoms with Gasteiger partial charge in [0.15, 0.2) is 0 Å². The molecule has 10 nitrogen and oxygen atoms in total. The zero-order valence-corrected chi connectivity index (χ0v) is 21.1. The van der Waals surface area contributed by atoms with E-state index in [9.17, 15) is 9.59 Å². The van der Waals surface area contributed by atoms with Gasteiger partial charge in [-0.25, -0.2) is 9.78 Å². The Hall–Kier alpha value is -3.50. The summed E-state index contributed by atoms with van der Waals surface area (Å²) in [6, 6.07) is 9.86. The van der Waals surface area contributed by atoms with Gasteiger partial charge in [0.1, 0.15) is 18.5 Å². The molecule has 0 bridgehead atoms. The molecule has 1 aromatic carbocycles. The highest BCUT2D eigenvalue weighted by molar-refractivity contribution is 5.89. The molecule has 1 N–H and O–H groups in total. The van der Waals surface area contributed by atoms with Crippen LogP contribution in [-0.4, -0.2) is 83.8 Å². The summed E-state index contributed by atoms with van der Waals surface area (Å²) in [7, 11) is 1.61. The molecule has 2 aliphatic heterocycles. The molecule has 2 aromatic rings. The first-order chi connectivity index (χ1) is 17.4. The summed E-state index contributed by atoms with van der Waals surface area (Å²) in [6.07, 6.45) is 2.37. The first kappa shape index (κ1) is 25.6. The Labute approximate surface area is 211 Å². The minimum Gasteiger partial charge on any atom is -0.447 e. The van der Waals surface area contributed by atoms with E-state index in [0.717, 1.165) is 38.3 Å². The third-order valence-corrected chi connectivity index (χ3v) is 6.80. The van der Waals surface area contributed by atoms with E-state index < -0.39 is 6.09 Å². The van der Waals surface area contributed by atoms with Crippen LogP contribution < -0.4 is 10.2 Å². The zero-order chi connectivity index (χ0) is 25.7. The van der Waals surface area contributed by atoms with Gasteiger partial charge in [-0.3, -0.25) is 14.6 Å². The third kappa shape index (κ3) is 5.83. The molecule has 2 amide bonds. The Morgan fingerprint density at radius 3 is 2.61 bits per heavy atom. The number of amides is 2. The van der Waals surface area contributed by atoms with Crippen LogP contribution in [0.5, 0.6) is 0 Å². The van der Waals surface area contributed by atoms with Gasteiger partial charge in [0.2, 0.25) is 11.9 Å². The molecule has 0 unspecified atom stereocenters. The Morgan fingerprint density at radius 1 is 1.22 bits per heavy atom. The summed E-state index contributed by atoms with van der Waals surface area (Å²) >= 11 is 0. The molecular weight excluding hydrogens is 460 g/mol. The Morgan fingerprint density at radius 2 is 1.94 bits per heavy atom. The smallest absolute Gasteiger partial charge is 0.416 e. The van der Waals surface area contributed by atoms with Crippen LogP contribution in [0.3, 0.4) is 0 Å². The van der Waals surface area contributed by atoms with Crippen molar-refractivity contribution >= 4 is 23.8 Å². The first-order valence-electron chi connectivity index (χ1n) is 12.2. The van der Waals surface area contributed by atoms with E-state index in [1.807, 2.05) is 18.7 Å². The summed E-state index contributed by atoms with van der Waals surface area (Å²) in [6.45, 7) is 11.8. The molecule has 0 radical (unpaired) electrons. The van der Waals surface area contributed by atoms with Crippen LogP contribution in [0.4, 0.5) is 16.6 Å². The Bertz CT molecular complexity index is 1070. The van der Waals surface area contributed by atoms with E-state index in [2.05, 4.69) is 51.0 Å². The van der Waals surface area contributed by atoms with Crippen molar-refractivity contribution < 1.29 is 19.1 Å². The fourth-order valence-corrected chi connectivity index (χ4v) is 4.46. The predicted molar refractivity (Wildman–Crippen MR) is 137 cm³/mol.